The third-order valence-corrected chi connectivity index (χ3v) is 2.68. The van der Waals surface area contributed by atoms with Crippen LogP contribution in [0.3, 0.4) is 0 Å². The Labute approximate surface area is 113 Å². The second-order valence-corrected chi connectivity index (χ2v) is 3.89. The number of hydrogen-bond acceptors (Lipinski definition) is 4. The van der Waals surface area contributed by atoms with Crippen LogP contribution >= 0.6 is 0 Å². The number of rotatable bonds is 7. The number of methoxy groups -OCH3 is 2. The van der Waals surface area contributed by atoms with E-state index in [2.05, 4.69) is 0 Å². The molecule has 0 saturated carbocycles. The lowest BCUT2D eigenvalue weighted by Gasteiger charge is -2.22. The number of hydrogen-bond donors (Lipinski definition) is 0. The quantitative estimate of drug-likeness (QED) is 0.750. The lowest BCUT2D eigenvalue weighted by molar-refractivity contribution is 0.0696. The van der Waals surface area contributed by atoms with E-state index in [0.29, 0.717) is 37.4 Å². The van der Waals surface area contributed by atoms with Gasteiger partial charge in [-0.3, -0.25) is 4.79 Å². The van der Waals surface area contributed by atoms with Crippen LogP contribution in [-0.4, -0.2) is 44.7 Å². The van der Waals surface area contributed by atoms with Gasteiger partial charge in [-0.05, 0) is 12.1 Å². The Bertz CT molecular complexity index is 454. The van der Waals surface area contributed by atoms with Crippen LogP contribution in [0.1, 0.15) is 16.8 Å². The first kappa shape index (κ1) is 15.0. The van der Waals surface area contributed by atoms with Gasteiger partial charge in [0.25, 0.3) is 5.91 Å². The van der Waals surface area contributed by atoms with E-state index in [0.717, 1.165) is 0 Å². The minimum absolute atomic E-state index is 0.148. The topological polar surface area (TPSA) is 62.6 Å². The predicted molar refractivity (Wildman–Crippen MR) is 71.0 cm³/mol. The van der Waals surface area contributed by atoms with Gasteiger partial charge in [-0.15, -0.1) is 0 Å². The Morgan fingerprint density at radius 3 is 2.68 bits per heavy atom. The van der Waals surface area contributed by atoms with Crippen LogP contribution in [-0.2, 0) is 4.74 Å². The van der Waals surface area contributed by atoms with E-state index >= 15 is 0 Å². The van der Waals surface area contributed by atoms with E-state index in [1.807, 2.05) is 12.1 Å². The van der Waals surface area contributed by atoms with Crippen molar-refractivity contribution in [3.05, 3.63) is 29.8 Å². The van der Waals surface area contributed by atoms with E-state index < -0.39 is 0 Å². The fourth-order valence-corrected chi connectivity index (χ4v) is 1.69. The Balaban J connectivity index is 2.88. The molecule has 1 aromatic rings. The van der Waals surface area contributed by atoms with Crippen molar-refractivity contribution < 1.29 is 14.3 Å². The fraction of sp³-hybridized carbons (Fsp3) is 0.429. The molecule has 0 atom stereocenters. The third kappa shape index (κ3) is 4.27. The van der Waals surface area contributed by atoms with Gasteiger partial charge >= 0.3 is 0 Å². The largest absolute Gasteiger partial charge is 0.496 e. The van der Waals surface area contributed by atoms with Gasteiger partial charge in [-0.1, -0.05) is 12.1 Å². The summed E-state index contributed by atoms with van der Waals surface area (Å²) in [6.45, 7) is 1.28. The summed E-state index contributed by atoms with van der Waals surface area (Å²) in [6.07, 6.45) is 0.296. The zero-order chi connectivity index (χ0) is 14.1. The van der Waals surface area contributed by atoms with E-state index in [9.17, 15) is 4.79 Å². The van der Waals surface area contributed by atoms with Crippen LogP contribution in [0.5, 0.6) is 5.75 Å². The van der Waals surface area contributed by atoms with Gasteiger partial charge in [0.15, 0.2) is 0 Å². The highest BCUT2D eigenvalue weighted by Gasteiger charge is 2.18. The van der Waals surface area contributed by atoms with Crippen molar-refractivity contribution in [1.29, 1.82) is 5.26 Å². The zero-order valence-corrected chi connectivity index (χ0v) is 11.3. The highest BCUT2D eigenvalue weighted by Crippen LogP contribution is 2.19. The zero-order valence-electron chi connectivity index (χ0n) is 11.3. The molecule has 0 saturated heterocycles. The molecule has 5 nitrogen and oxygen atoms in total. The molecule has 1 rings (SSSR count). The second-order valence-electron chi connectivity index (χ2n) is 3.89. The summed E-state index contributed by atoms with van der Waals surface area (Å²) in [5.74, 6) is 0.386. The van der Waals surface area contributed by atoms with Gasteiger partial charge in [0.1, 0.15) is 5.75 Å². The lowest BCUT2D eigenvalue weighted by Crippen LogP contribution is -2.34. The van der Waals surface area contributed by atoms with Crippen molar-refractivity contribution in [2.45, 2.75) is 6.42 Å². The van der Waals surface area contributed by atoms with Crippen LogP contribution in [0, 0.1) is 11.3 Å². The number of benzene rings is 1. The van der Waals surface area contributed by atoms with Gasteiger partial charge in [-0.2, -0.15) is 5.26 Å². The summed E-state index contributed by atoms with van der Waals surface area (Å²) < 4.78 is 10.2. The Kier molecular flexibility index (Phi) is 6.41. The van der Waals surface area contributed by atoms with E-state index in [1.165, 1.54) is 7.11 Å². The first-order valence-corrected chi connectivity index (χ1v) is 6.02. The van der Waals surface area contributed by atoms with Gasteiger partial charge in [0, 0.05) is 20.2 Å². The first-order valence-electron chi connectivity index (χ1n) is 6.02. The molecule has 1 amide bonds. The molecule has 0 spiro atoms. The predicted octanol–water partition coefficient (Wildman–Crippen LogP) is 1.70. The number of carbonyl (C=O) groups excluding carboxylic acids is 1. The van der Waals surface area contributed by atoms with Crippen molar-refractivity contribution in [1.82, 2.24) is 4.90 Å². The second kappa shape index (κ2) is 8.11. The maximum absolute atomic E-state index is 12.4. The molecule has 0 heterocycles. The molecule has 102 valence electrons. The van der Waals surface area contributed by atoms with Crippen LogP contribution in [0.25, 0.3) is 0 Å². The van der Waals surface area contributed by atoms with Crippen LogP contribution in [0.15, 0.2) is 24.3 Å². The number of nitriles is 1. The Morgan fingerprint density at radius 1 is 1.32 bits per heavy atom. The number of para-hydroxylation sites is 1. The van der Waals surface area contributed by atoms with E-state index in [-0.39, 0.29) is 5.91 Å². The summed E-state index contributed by atoms with van der Waals surface area (Å²) in [4.78, 5) is 14.0. The molecule has 19 heavy (non-hydrogen) atoms. The van der Waals surface area contributed by atoms with Crippen molar-refractivity contribution >= 4 is 5.91 Å². The smallest absolute Gasteiger partial charge is 0.257 e. The highest BCUT2D eigenvalue weighted by atomic mass is 16.5. The summed E-state index contributed by atoms with van der Waals surface area (Å²) in [5, 5.41) is 8.65. The summed E-state index contributed by atoms with van der Waals surface area (Å²) in [7, 11) is 3.11. The van der Waals surface area contributed by atoms with Crippen molar-refractivity contribution in [3.8, 4) is 11.8 Å². The van der Waals surface area contributed by atoms with Gasteiger partial charge < -0.3 is 14.4 Å². The van der Waals surface area contributed by atoms with Gasteiger partial charge in [-0.25, -0.2) is 0 Å². The van der Waals surface area contributed by atoms with Crippen LogP contribution in [0.2, 0.25) is 0 Å². The average Bonchev–Trinajstić information content (AvgIpc) is 2.46. The third-order valence-electron chi connectivity index (χ3n) is 2.68. The minimum Gasteiger partial charge on any atom is -0.496 e. The van der Waals surface area contributed by atoms with Crippen molar-refractivity contribution in [3.63, 3.8) is 0 Å². The number of nitrogens with zero attached hydrogens (tertiary/aromatic N) is 2. The molecule has 0 N–H and O–H groups in total. The summed E-state index contributed by atoms with van der Waals surface area (Å²) in [6, 6.07) is 9.10. The van der Waals surface area contributed by atoms with E-state index in [1.54, 1.807) is 30.2 Å². The molecule has 0 fully saturated rings. The molecule has 5 heteroatoms. The molecule has 0 aliphatic heterocycles. The molecular weight excluding hydrogens is 244 g/mol. The Hall–Kier alpha value is -2.06. The molecule has 0 aromatic heterocycles. The van der Waals surface area contributed by atoms with Crippen LogP contribution in [0.4, 0.5) is 0 Å². The molecular formula is C14H18N2O3. The molecule has 0 unspecified atom stereocenters. The van der Waals surface area contributed by atoms with Crippen LogP contribution < -0.4 is 4.74 Å². The maximum Gasteiger partial charge on any atom is 0.257 e. The van der Waals surface area contributed by atoms with Crippen molar-refractivity contribution in [2.24, 2.45) is 0 Å². The maximum atomic E-state index is 12.4. The van der Waals surface area contributed by atoms with E-state index in [4.69, 9.17) is 14.7 Å². The summed E-state index contributed by atoms with van der Waals surface area (Å²) in [5.41, 5.74) is 0.499. The van der Waals surface area contributed by atoms with Crippen molar-refractivity contribution in [2.75, 3.05) is 33.9 Å². The minimum atomic E-state index is -0.148. The Morgan fingerprint density at radius 2 is 2.05 bits per heavy atom. The molecule has 1 aromatic carbocycles. The number of carbonyl (C=O) groups is 1. The average molecular weight is 262 g/mol. The van der Waals surface area contributed by atoms with Gasteiger partial charge in [0.05, 0.1) is 31.8 Å². The monoisotopic (exact) mass is 262 g/mol. The molecule has 0 radical (unpaired) electrons. The SMILES string of the molecule is COCCN(CCC#N)C(=O)c1ccccc1OC. The standard InChI is InChI=1S/C14H18N2O3/c1-18-11-10-16(9-5-8-15)14(17)12-6-3-4-7-13(12)19-2/h3-4,6-7H,5,9-11H2,1-2H3. The lowest BCUT2D eigenvalue weighted by atomic mass is 10.1. The summed E-state index contributed by atoms with van der Waals surface area (Å²) >= 11 is 0. The van der Waals surface area contributed by atoms with Gasteiger partial charge in [0.2, 0.25) is 0 Å². The number of ether oxygens (including phenoxy) is 2. The molecule has 0 aliphatic rings. The normalized spacial score (nSPS) is 9.74. The molecule has 0 aliphatic carbocycles. The number of amides is 1. The highest BCUT2D eigenvalue weighted by molar-refractivity contribution is 5.96. The fourth-order valence-electron chi connectivity index (χ4n) is 1.69. The first-order chi connectivity index (χ1) is 9.24. The molecule has 0 bridgehead atoms.